The molecule has 1 unspecified atom stereocenters. The van der Waals surface area contributed by atoms with Gasteiger partial charge in [-0.15, -0.1) is 0 Å². The van der Waals surface area contributed by atoms with Crippen LogP contribution in [0.25, 0.3) is 55.0 Å². The molecular formula is C42H35NO. The number of nitrogens with zero attached hydrogens (tertiary/aromatic N) is 1. The lowest BCUT2D eigenvalue weighted by atomic mass is 9.74. The first kappa shape index (κ1) is 24.8. The van der Waals surface area contributed by atoms with Crippen LogP contribution in [0.4, 0.5) is 0 Å². The van der Waals surface area contributed by atoms with Crippen LogP contribution >= 0.6 is 0 Å². The van der Waals surface area contributed by atoms with E-state index in [0.29, 0.717) is 11.8 Å². The van der Waals surface area contributed by atoms with Crippen LogP contribution in [-0.2, 0) is 0 Å². The summed E-state index contributed by atoms with van der Waals surface area (Å²) in [6, 6.07) is 19.9. The van der Waals surface area contributed by atoms with Crippen LogP contribution in [-0.4, -0.2) is 4.57 Å². The van der Waals surface area contributed by atoms with Gasteiger partial charge in [-0.05, 0) is 67.5 Å². The van der Waals surface area contributed by atoms with Crippen LogP contribution in [0.3, 0.4) is 0 Å². The van der Waals surface area contributed by atoms with Crippen LogP contribution in [0, 0.1) is 17.3 Å². The van der Waals surface area contributed by atoms with Crippen LogP contribution in [0.5, 0.6) is 0 Å². The molecule has 0 amide bonds. The maximum atomic E-state index is 6.75. The molecule has 10 rings (SSSR count). The zero-order valence-corrected chi connectivity index (χ0v) is 25.4. The molecule has 2 heteroatoms. The summed E-state index contributed by atoms with van der Waals surface area (Å²) in [5.74, 6) is 1.04. The van der Waals surface area contributed by atoms with Crippen LogP contribution in [0.1, 0.15) is 51.5 Å². The van der Waals surface area contributed by atoms with Gasteiger partial charge in [-0.25, -0.2) is 0 Å². The fraction of sp³-hybridized carbons (Fsp3) is 0.238. The first-order chi connectivity index (χ1) is 21.6. The first-order valence-corrected chi connectivity index (χ1v) is 16.4. The van der Waals surface area contributed by atoms with Gasteiger partial charge in [0.05, 0.1) is 16.4 Å². The van der Waals surface area contributed by atoms with Crippen molar-refractivity contribution in [3.8, 4) is 0 Å². The van der Waals surface area contributed by atoms with Crippen molar-refractivity contribution in [2.75, 3.05) is 0 Å². The Morgan fingerprint density at radius 3 is 2.70 bits per heavy atom. The number of fused-ring (bicyclic) bond motifs is 10. The predicted molar refractivity (Wildman–Crippen MR) is 184 cm³/mol. The highest BCUT2D eigenvalue weighted by atomic mass is 16.3. The van der Waals surface area contributed by atoms with E-state index >= 15 is 0 Å². The van der Waals surface area contributed by atoms with Crippen molar-refractivity contribution in [1.29, 1.82) is 0 Å². The highest BCUT2D eigenvalue weighted by Crippen LogP contribution is 2.57. The Labute approximate surface area is 257 Å². The normalized spacial score (nSPS) is 26.8. The Hall–Kier alpha value is -4.56. The number of hydrogen-bond donors (Lipinski definition) is 0. The highest BCUT2D eigenvalue weighted by molar-refractivity contribution is 6.26. The molecule has 2 nitrogen and oxygen atoms in total. The number of aromatic nitrogens is 1. The van der Waals surface area contributed by atoms with E-state index < -0.39 is 0 Å². The van der Waals surface area contributed by atoms with Gasteiger partial charge in [0.2, 0.25) is 0 Å². The molecule has 44 heavy (non-hydrogen) atoms. The summed E-state index contributed by atoms with van der Waals surface area (Å²) in [6.45, 7) is 4.92. The fourth-order valence-corrected chi connectivity index (χ4v) is 8.89. The molecule has 0 radical (unpaired) electrons. The zero-order valence-electron chi connectivity index (χ0n) is 25.4. The Balaban J connectivity index is 1.31. The molecule has 1 saturated carbocycles. The van der Waals surface area contributed by atoms with Crippen LogP contribution in [0.2, 0.25) is 0 Å². The van der Waals surface area contributed by atoms with Crippen molar-refractivity contribution in [3.63, 3.8) is 0 Å². The van der Waals surface area contributed by atoms with Gasteiger partial charge in [0.15, 0.2) is 0 Å². The van der Waals surface area contributed by atoms with Crippen molar-refractivity contribution in [3.05, 3.63) is 131 Å². The Bertz CT molecular complexity index is 2330. The van der Waals surface area contributed by atoms with Gasteiger partial charge in [0.25, 0.3) is 0 Å². The number of furan rings is 1. The molecule has 5 aliphatic carbocycles. The SMILES string of the molecule is CC1(C)C2=CC(c3cc4c5ccccc5oc4c4c5ccccc5n(C5=C/C6C/C6=C/C/C=C\5)c34)=CC[C@@H]2C2=C1CCC=C2. The summed E-state index contributed by atoms with van der Waals surface area (Å²) in [7, 11) is 0. The van der Waals surface area contributed by atoms with E-state index in [2.05, 4.69) is 122 Å². The van der Waals surface area contributed by atoms with Gasteiger partial charge in [-0.3, -0.25) is 0 Å². The maximum Gasteiger partial charge on any atom is 0.145 e. The molecule has 5 aliphatic rings. The van der Waals surface area contributed by atoms with Crippen molar-refractivity contribution in [2.24, 2.45) is 17.3 Å². The van der Waals surface area contributed by atoms with Gasteiger partial charge < -0.3 is 8.98 Å². The fourth-order valence-electron chi connectivity index (χ4n) is 8.89. The average molecular weight is 570 g/mol. The summed E-state index contributed by atoms with van der Waals surface area (Å²) in [4.78, 5) is 0. The molecule has 5 aromatic rings. The second-order valence-electron chi connectivity index (χ2n) is 13.8. The molecule has 2 aromatic heterocycles. The standard InChI is InChI=1S/C42H35NO/c1-42(2)35-16-8-5-13-29(35)30-20-19-26(23-36(30)42)33-24-34-31-14-7-10-18-38(31)44-41(34)39-32-15-6-9-17-37(32)43(40(33)39)28-12-4-3-11-25-21-27(25)22-28/h4-7,9-15,17-19,22-24,27,30H,3,8,16,20-21H2,1-2H3/b12-4-,25-11-,28-22+/t27?,30-/m1/s1. The third-order valence-electron chi connectivity index (χ3n) is 11.1. The topological polar surface area (TPSA) is 18.1 Å². The van der Waals surface area contributed by atoms with E-state index in [4.69, 9.17) is 4.42 Å². The monoisotopic (exact) mass is 569 g/mol. The lowest BCUT2D eigenvalue weighted by Crippen LogP contribution is -2.17. The maximum absolute atomic E-state index is 6.75. The number of allylic oxidation sites excluding steroid dienone is 14. The van der Waals surface area contributed by atoms with Crippen molar-refractivity contribution in [2.45, 2.75) is 46.0 Å². The quantitative estimate of drug-likeness (QED) is 0.193. The Kier molecular flexibility index (Phi) is 4.94. The molecule has 0 spiro atoms. The molecule has 0 aliphatic heterocycles. The molecule has 2 atom stereocenters. The summed E-state index contributed by atoms with van der Waals surface area (Å²) < 4.78 is 9.29. The van der Waals surface area contributed by atoms with Gasteiger partial charge in [0.1, 0.15) is 11.2 Å². The van der Waals surface area contributed by atoms with E-state index in [1.807, 2.05) is 0 Å². The molecule has 0 bridgehead atoms. The first-order valence-electron chi connectivity index (χ1n) is 16.4. The minimum Gasteiger partial charge on any atom is -0.455 e. The zero-order chi connectivity index (χ0) is 29.2. The average Bonchev–Trinajstić information content (AvgIpc) is 3.41. The summed E-state index contributed by atoms with van der Waals surface area (Å²) >= 11 is 0. The highest BCUT2D eigenvalue weighted by Gasteiger charge is 2.43. The molecule has 0 N–H and O–H groups in total. The van der Waals surface area contributed by atoms with Gasteiger partial charge >= 0.3 is 0 Å². The molecule has 214 valence electrons. The number of benzene rings is 3. The van der Waals surface area contributed by atoms with E-state index in [9.17, 15) is 0 Å². The molecular weight excluding hydrogens is 534 g/mol. The van der Waals surface area contributed by atoms with E-state index in [1.165, 1.54) is 62.3 Å². The van der Waals surface area contributed by atoms with Gasteiger partial charge in [0, 0.05) is 44.7 Å². The lowest BCUT2D eigenvalue weighted by Gasteiger charge is -2.29. The molecule has 3 aromatic carbocycles. The second-order valence-corrected chi connectivity index (χ2v) is 13.8. The lowest BCUT2D eigenvalue weighted by molar-refractivity contribution is 0.506. The summed E-state index contributed by atoms with van der Waals surface area (Å²) in [5, 5.41) is 4.86. The van der Waals surface area contributed by atoms with Gasteiger partial charge in [-0.1, -0.05) is 109 Å². The van der Waals surface area contributed by atoms with Crippen LogP contribution in [0.15, 0.2) is 130 Å². The number of hydrogen-bond acceptors (Lipinski definition) is 1. The van der Waals surface area contributed by atoms with E-state index in [0.717, 1.165) is 30.4 Å². The largest absolute Gasteiger partial charge is 0.455 e. The minimum atomic E-state index is 0.0854. The Morgan fingerprint density at radius 2 is 1.77 bits per heavy atom. The molecule has 1 fully saturated rings. The number of rotatable bonds is 2. The van der Waals surface area contributed by atoms with E-state index in [-0.39, 0.29) is 5.41 Å². The van der Waals surface area contributed by atoms with E-state index in [1.54, 1.807) is 22.3 Å². The summed E-state index contributed by atoms with van der Waals surface area (Å²) in [6.07, 6.45) is 25.1. The molecule has 0 saturated heterocycles. The van der Waals surface area contributed by atoms with Crippen molar-refractivity contribution in [1.82, 2.24) is 4.57 Å². The summed E-state index contributed by atoms with van der Waals surface area (Å²) in [5.41, 5.74) is 14.8. The third-order valence-corrected chi connectivity index (χ3v) is 11.1. The third kappa shape index (κ3) is 3.32. The number of para-hydroxylation sites is 2. The smallest absolute Gasteiger partial charge is 0.145 e. The predicted octanol–water partition coefficient (Wildman–Crippen LogP) is 11.5. The van der Waals surface area contributed by atoms with Crippen molar-refractivity contribution < 1.29 is 4.42 Å². The van der Waals surface area contributed by atoms with Gasteiger partial charge in [-0.2, -0.15) is 0 Å². The van der Waals surface area contributed by atoms with Crippen LogP contribution < -0.4 is 0 Å². The molecule has 2 heterocycles. The minimum absolute atomic E-state index is 0.0854. The van der Waals surface area contributed by atoms with Crippen molar-refractivity contribution >= 4 is 55.0 Å². The Morgan fingerprint density at radius 1 is 0.909 bits per heavy atom. The second kappa shape index (κ2) is 8.76.